The van der Waals surface area contributed by atoms with E-state index in [1.54, 1.807) is 0 Å². The molecule has 4 heteroatoms. The zero-order valence-electron chi connectivity index (χ0n) is 9.09. The summed E-state index contributed by atoms with van der Waals surface area (Å²) in [5.41, 5.74) is 0. The van der Waals surface area contributed by atoms with Gasteiger partial charge < -0.3 is 10.0 Å². The number of aliphatic carboxylic acids is 1. The summed E-state index contributed by atoms with van der Waals surface area (Å²) < 4.78 is 0. The van der Waals surface area contributed by atoms with Crippen LogP contribution < -0.4 is 0 Å². The third-order valence-corrected chi connectivity index (χ3v) is 3.73. The number of nitrogens with zero attached hydrogens (tertiary/aromatic N) is 1. The Kier molecular flexibility index (Phi) is 4.36. The van der Waals surface area contributed by atoms with E-state index in [1.807, 2.05) is 44.7 Å². The Hall–Kier alpha value is -0.613. The quantitative estimate of drug-likeness (QED) is 0.552. The molecule has 0 fully saturated rings. The Morgan fingerprint density at radius 2 is 1.85 bits per heavy atom. The lowest BCUT2D eigenvalue weighted by Crippen LogP contribution is -2.30. The van der Waals surface area contributed by atoms with Crippen molar-refractivity contribution < 1.29 is 9.90 Å². The number of hydrogen-bond donors (Lipinski definition) is 1. The standard InChI is InChI=1S/C9H19NO2Si/c1-10(2)7-6-8(9(11)12)13(3,4)5/h6H,7H2,1-5H3,(H,11,12)/b8-6-. The molecule has 0 bridgehead atoms. The smallest absolute Gasteiger partial charge is 0.327 e. The molecule has 3 nitrogen and oxygen atoms in total. The van der Waals surface area contributed by atoms with E-state index in [1.165, 1.54) is 0 Å². The Balaban J connectivity index is 4.62. The number of carboxylic acids is 1. The van der Waals surface area contributed by atoms with Gasteiger partial charge in [-0.1, -0.05) is 25.7 Å². The lowest BCUT2D eigenvalue weighted by atomic mass is 10.4. The van der Waals surface area contributed by atoms with Gasteiger partial charge in [0.2, 0.25) is 0 Å². The van der Waals surface area contributed by atoms with Gasteiger partial charge in [-0.05, 0) is 14.1 Å². The van der Waals surface area contributed by atoms with Crippen molar-refractivity contribution in [3.05, 3.63) is 11.3 Å². The van der Waals surface area contributed by atoms with E-state index in [4.69, 9.17) is 5.11 Å². The second kappa shape index (κ2) is 4.57. The Labute approximate surface area is 81.1 Å². The minimum atomic E-state index is -1.68. The molecule has 76 valence electrons. The van der Waals surface area contributed by atoms with Crippen molar-refractivity contribution >= 4 is 14.0 Å². The fourth-order valence-electron chi connectivity index (χ4n) is 0.988. The van der Waals surface area contributed by atoms with Crippen molar-refractivity contribution in [3.63, 3.8) is 0 Å². The average Bonchev–Trinajstić information content (AvgIpc) is 1.81. The molecule has 0 aromatic heterocycles. The number of likely N-dealkylation sites (N-methyl/N-ethyl adjacent to an activating group) is 1. The van der Waals surface area contributed by atoms with E-state index >= 15 is 0 Å². The largest absolute Gasteiger partial charge is 0.478 e. The van der Waals surface area contributed by atoms with Crippen molar-refractivity contribution in [2.45, 2.75) is 19.6 Å². The number of carbonyl (C=O) groups is 1. The van der Waals surface area contributed by atoms with Gasteiger partial charge in [0.05, 0.1) is 8.07 Å². The van der Waals surface area contributed by atoms with Gasteiger partial charge in [-0.3, -0.25) is 0 Å². The van der Waals surface area contributed by atoms with Crippen molar-refractivity contribution in [3.8, 4) is 0 Å². The van der Waals surface area contributed by atoms with Crippen LogP contribution in [0.2, 0.25) is 19.6 Å². The zero-order valence-corrected chi connectivity index (χ0v) is 10.1. The third-order valence-electron chi connectivity index (χ3n) is 1.70. The van der Waals surface area contributed by atoms with Gasteiger partial charge in [0.1, 0.15) is 0 Å². The molecule has 0 saturated heterocycles. The van der Waals surface area contributed by atoms with Crippen LogP contribution in [0, 0.1) is 0 Å². The van der Waals surface area contributed by atoms with Crippen LogP contribution in [0.4, 0.5) is 0 Å². The minimum Gasteiger partial charge on any atom is -0.478 e. The predicted molar refractivity (Wildman–Crippen MR) is 57.6 cm³/mol. The molecule has 0 aromatic rings. The van der Waals surface area contributed by atoms with Crippen LogP contribution in [0.5, 0.6) is 0 Å². The molecule has 1 N–H and O–H groups in total. The summed E-state index contributed by atoms with van der Waals surface area (Å²) in [5.74, 6) is -0.763. The van der Waals surface area contributed by atoms with E-state index in [2.05, 4.69) is 0 Å². The fourth-order valence-corrected chi connectivity index (χ4v) is 2.33. The van der Waals surface area contributed by atoms with Gasteiger partial charge in [0, 0.05) is 11.7 Å². The van der Waals surface area contributed by atoms with Crippen LogP contribution in [-0.2, 0) is 4.79 Å². The van der Waals surface area contributed by atoms with Crippen molar-refractivity contribution in [1.29, 1.82) is 0 Å². The third kappa shape index (κ3) is 4.85. The van der Waals surface area contributed by atoms with Gasteiger partial charge in [0.25, 0.3) is 0 Å². The molecule has 0 spiro atoms. The maximum absolute atomic E-state index is 10.9. The van der Waals surface area contributed by atoms with E-state index in [0.29, 0.717) is 11.7 Å². The lowest BCUT2D eigenvalue weighted by molar-refractivity contribution is -0.132. The highest BCUT2D eigenvalue weighted by Gasteiger charge is 2.24. The topological polar surface area (TPSA) is 40.5 Å². The number of carboxylic acid groups (broad SMARTS) is 1. The summed E-state index contributed by atoms with van der Waals surface area (Å²) in [4.78, 5) is 12.9. The predicted octanol–water partition coefficient (Wildman–Crippen LogP) is 1.44. The summed E-state index contributed by atoms with van der Waals surface area (Å²) in [6.45, 7) is 6.83. The van der Waals surface area contributed by atoms with Crippen LogP contribution in [0.1, 0.15) is 0 Å². The van der Waals surface area contributed by atoms with Crippen molar-refractivity contribution in [1.82, 2.24) is 4.90 Å². The maximum atomic E-state index is 10.9. The summed E-state index contributed by atoms with van der Waals surface area (Å²) in [5, 5.41) is 9.58. The molecule has 0 aliphatic heterocycles. The molecule has 0 atom stereocenters. The van der Waals surface area contributed by atoms with Gasteiger partial charge in [-0.25, -0.2) is 4.79 Å². The number of rotatable bonds is 4. The second-order valence-electron chi connectivity index (χ2n) is 4.44. The molecule has 0 aliphatic rings. The molecule has 0 rings (SSSR count). The normalized spacial score (nSPS) is 13.5. The maximum Gasteiger partial charge on any atom is 0.327 e. The molecule has 0 heterocycles. The zero-order chi connectivity index (χ0) is 10.6. The summed E-state index contributed by atoms with van der Waals surface area (Å²) in [6, 6.07) is 0. The van der Waals surface area contributed by atoms with Crippen LogP contribution >= 0.6 is 0 Å². The van der Waals surface area contributed by atoms with Gasteiger partial charge in [0.15, 0.2) is 0 Å². The molecule has 0 radical (unpaired) electrons. The Bertz CT molecular complexity index is 216. The van der Waals surface area contributed by atoms with E-state index < -0.39 is 14.0 Å². The first-order chi connectivity index (χ1) is 5.75. The fraction of sp³-hybridized carbons (Fsp3) is 0.667. The molecule has 13 heavy (non-hydrogen) atoms. The van der Waals surface area contributed by atoms with Crippen molar-refractivity contribution in [2.75, 3.05) is 20.6 Å². The SMILES string of the molecule is CN(C)C/C=C(/C(=O)O)[Si](C)(C)C. The molecule has 0 aromatic carbocycles. The second-order valence-corrected chi connectivity index (χ2v) is 9.47. The van der Waals surface area contributed by atoms with E-state index in [9.17, 15) is 4.79 Å². The van der Waals surface area contributed by atoms with Gasteiger partial charge >= 0.3 is 5.97 Å². The monoisotopic (exact) mass is 201 g/mol. The molecule has 0 saturated carbocycles. The summed E-state index contributed by atoms with van der Waals surface area (Å²) >= 11 is 0. The van der Waals surface area contributed by atoms with Gasteiger partial charge in [-0.15, -0.1) is 0 Å². The molecule has 0 aliphatic carbocycles. The molecular weight excluding hydrogens is 182 g/mol. The molecule has 0 unspecified atom stereocenters. The first-order valence-electron chi connectivity index (χ1n) is 4.34. The average molecular weight is 201 g/mol. The number of hydrogen-bond acceptors (Lipinski definition) is 2. The van der Waals surface area contributed by atoms with E-state index in [0.717, 1.165) is 0 Å². The van der Waals surface area contributed by atoms with E-state index in [-0.39, 0.29) is 0 Å². The Morgan fingerprint density at radius 3 is 2.08 bits per heavy atom. The lowest BCUT2D eigenvalue weighted by Gasteiger charge is -2.18. The van der Waals surface area contributed by atoms with Crippen LogP contribution in [0.3, 0.4) is 0 Å². The highest BCUT2D eigenvalue weighted by Crippen LogP contribution is 2.14. The summed E-state index contributed by atoms with van der Waals surface area (Å²) in [7, 11) is 2.18. The highest BCUT2D eigenvalue weighted by atomic mass is 28.3. The minimum absolute atomic E-state index is 0.612. The Morgan fingerprint density at radius 1 is 1.38 bits per heavy atom. The van der Waals surface area contributed by atoms with Crippen LogP contribution in [-0.4, -0.2) is 44.7 Å². The first kappa shape index (κ1) is 12.4. The highest BCUT2D eigenvalue weighted by molar-refractivity contribution is 6.86. The molecular formula is C9H19NO2Si. The van der Waals surface area contributed by atoms with Crippen molar-refractivity contribution in [2.24, 2.45) is 0 Å². The van der Waals surface area contributed by atoms with Crippen LogP contribution in [0.25, 0.3) is 0 Å². The first-order valence-corrected chi connectivity index (χ1v) is 7.84. The molecule has 0 amide bonds. The van der Waals surface area contributed by atoms with Gasteiger partial charge in [-0.2, -0.15) is 0 Å². The summed E-state index contributed by atoms with van der Waals surface area (Å²) in [6.07, 6.45) is 1.83. The van der Waals surface area contributed by atoms with Crippen LogP contribution in [0.15, 0.2) is 11.3 Å².